The lowest BCUT2D eigenvalue weighted by atomic mass is 10.0. The van der Waals surface area contributed by atoms with Crippen molar-refractivity contribution in [3.63, 3.8) is 0 Å². The summed E-state index contributed by atoms with van der Waals surface area (Å²) >= 11 is 15.2. The van der Waals surface area contributed by atoms with E-state index in [0.717, 1.165) is 45.3 Å². The highest BCUT2D eigenvalue weighted by Crippen LogP contribution is 2.41. The lowest BCUT2D eigenvalue weighted by Crippen LogP contribution is -1.99. The Labute approximate surface area is 155 Å². The van der Waals surface area contributed by atoms with Gasteiger partial charge < -0.3 is 10.7 Å². The number of nitrogens with one attached hydrogen (secondary N) is 1. The Morgan fingerprint density at radius 3 is 2.68 bits per heavy atom. The molecule has 2 nitrogen and oxygen atoms in total. The normalized spacial score (nSPS) is 11.5. The van der Waals surface area contributed by atoms with Crippen LogP contribution in [0.1, 0.15) is 18.4 Å². The Bertz CT molecular complexity index is 810. The van der Waals surface area contributed by atoms with Crippen molar-refractivity contribution in [3.05, 3.63) is 43.1 Å². The van der Waals surface area contributed by atoms with Crippen molar-refractivity contribution in [2.45, 2.75) is 19.3 Å². The van der Waals surface area contributed by atoms with Gasteiger partial charge in [-0.2, -0.15) is 0 Å². The molecule has 1 aromatic carbocycles. The molecule has 0 amide bonds. The third-order valence-corrected chi connectivity index (χ3v) is 6.36. The van der Waals surface area contributed by atoms with E-state index in [-0.39, 0.29) is 0 Å². The molecule has 6 heteroatoms. The number of aryl methyl sites for hydroxylation is 1. The number of aromatic nitrogens is 1. The highest BCUT2D eigenvalue weighted by molar-refractivity contribution is 9.11. The number of nitrogens with two attached hydrogens (primary N) is 1. The number of halogens is 3. The molecule has 0 radical (unpaired) electrons. The maximum Gasteiger partial charge on any atom is 0.0650 e. The molecule has 3 N–H and O–H groups in total. The highest BCUT2D eigenvalue weighted by atomic mass is 79.9. The van der Waals surface area contributed by atoms with Gasteiger partial charge in [-0.25, -0.2) is 0 Å². The molecule has 0 aliphatic heterocycles. The van der Waals surface area contributed by atoms with Crippen molar-refractivity contribution in [1.82, 2.24) is 4.98 Å². The van der Waals surface area contributed by atoms with Crippen LogP contribution in [-0.2, 0) is 6.42 Å². The second-order valence-corrected chi connectivity index (χ2v) is 8.19. The first-order valence-corrected chi connectivity index (χ1v) is 9.89. The van der Waals surface area contributed by atoms with Crippen LogP contribution in [0.25, 0.3) is 21.5 Å². The molecule has 0 unspecified atom stereocenters. The fourth-order valence-corrected chi connectivity index (χ4v) is 5.15. The molecule has 2 aromatic heterocycles. The standard InChI is InChI=1S/C16H15Br2ClN2S/c17-12-4-6-22-16(12)15-10(3-1-2-5-20)11-7-9(19)8-13(18)14(11)21-15/h4,6-8,21H,1-3,5,20H2. The van der Waals surface area contributed by atoms with Gasteiger partial charge in [0, 0.05) is 19.4 Å². The van der Waals surface area contributed by atoms with Crippen molar-refractivity contribution < 1.29 is 0 Å². The fourth-order valence-electron chi connectivity index (χ4n) is 2.65. The first-order chi connectivity index (χ1) is 10.6. The average Bonchev–Trinajstić information content (AvgIpc) is 3.03. The number of aromatic amines is 1. The van der Waals surface area contributed by atoms with Gasteiger partial charge in [-0.1, -0.05) is 11.6 Å². The van der Waals surface area contributed by atoms with Crippen LogP contribution >= 0.6 is 54.8 Å². The number of hydrogen-bond donors (Lipinski definition) is 2. The Hall–Kier alpha value is -0.330. The number of fused-ring (bicyclic) bond motifs is 1. The minimum absolute atomic E-state index is 0.727. The van der Waals surface area contributed by atoms with Gasteiger partial charge in [0.2, 0.25) is 0 Å². The van der Waals surface area contributed by atoms with E-state index < -0.39 is 0 Å². The molecule has 0 spiro atoms. The molecule has 0 aliphatic rings. The van der Waals surface area contributed by atoms with Gasteiger partial charge in [-0.3, -0.25) is 0 Å². The van der Waals surface area contributed by atoms with Crippen LogP contribution < -0.4 is 5.73 Å². The smallest absolute Gasteiger partial charge is 0.0650 e. The molecule has 0 aliphatic carbocycles. The monoisotopic (exact) mass is 460 g/mol. The molecule has 0 fully saturated rings. The van der Waals surface area contributed by atoms with Crippen molar-refractivity contribution in [2.24, 2.45) is 5.73 Å². The summed E-state index contributed by atoms with van der Waals surface area (Å²) in [6, 6.07) is 6.05. The number of rotatable bonds is 5. The summed E-state index contributed by atoms with van der Waals surface area (Å²) in [5, 5.41) is 4.03. The van der Waals surface area contributed by atoms with Crippen molar-refractivity contribution in [1.29, 1.82) is 0 Å². The third kappa shape index (κ3) is 3.15. The van der Waals surface area contributed by atoms with Crippen molar-refractivity contribution in [2.75, 3.05) is 6.54 Å². The summed E-state index contributed by atoms with van der Waals surface area (Å²) in [6.07, 6.45) is 3.09. The summed E-state index contributed by atoms with van der Waals surface area (Å²) in [5.41, 5.74) is 9.24. The second-order valence-electron chi connectivity index (χ2n) is 5.13. The number of hydrogen-bond acceptors (Lipinski definition) is 2. The molecule has 3 aromatic rings. The minimum atomic E-state index is 0.727. The molecule has 2 heterocycles. The van der Waals surface area contributed by atoms with Crippen LogP contribution in [0, 0.1) is 0 Å². The van der Waals surface area contributed by atoms with Gasteiger partial charge in [0.05, 0.1) is 16.1 Å². The lowest BCUT2D eigenvalue weighted by molar-refractivity contribution is 0.748. The summed E-state index contributed by atoms with van der Waals surface area (Å²) in [4.78, 5) is 4.80. The van der Waals surface area contributed by atoms with Gasteiger partial charge in [-0.05, 0) is 86.8 Å². The Morgan fingerprint density at radius 1 is 1.18 bits per heavy atom. The maximum atomic E-state index is 6.25. The first-order valence-electron chi connectivity index (χ1n) is 7.05. The minimum Gasteiger partial charge on any atom is -0.353 e. The maximum absolute atomic E-state index is 6.25. The summed E-state index contributed by atoms with van der Waals surface area (Å²) in [7, 11) is 0. The van der Waals surface area contributed by atoms with Gasteiger partial charge >= 0.3 is 0 Å². The summed E-state index contributed by atoms with van der Waals surface area (Å²) < 4.78 is 2.11. The van der Waals surface area contributed by atoms with Gasteiger partial charge in [0.1, 0.15) is 0 Å². The van der Waals surface area contributed by atoms with Gasteiger partial charge in [-0.15, -0.1) is 11.3 Å². The third-order valence-electron chi connectivity index (χ3n) is 3.66. The van der Waals surface area contributed by atoms with E-state index in [1.807, 2.05) is 12.1 Å². The number of thiophene rings is 1. The van der Waals surface area contributed by atoms with Crippen LogP contribution in [0.15, 0.2) is 32.5 Å². The molecule has 0 bridgehead atoms. The zero-order valence-corrected chi connectivity index (χ0v) is 16.5. The molecule has 0 saturated carbocycles. The van der Waals surface area contributed by atoms with Crippen LogP contribution in [-0.4, -0.2) is 11.5 Å². The predicted octanol–water partition coefficient (Wildman–Crippen LogP) is 6.36. The van der Waals surface area contributed by atoms with E-state index in [9.17, 15) is 0 Å². The molecular formula is C16H15Br2ClN2S. The van der Waals surface area contributed by atoms with Gasteiger partial charge in [0.25, 0.3) is 0 Å². The Morgan fingerprint density at radius 2 is 2.00 bits per heavy atom. The topological polar surface area (TPSA) is 41.8 Å². The Balaban J connectivity index is 2.19. The molecular weight excluding hydrogens is 448 g/mol. The zero-order chi connectivity index (χ0) is 15.7. The summed E-state index contributed by atoms with van der Waals surface area (Å²) in [6.45, 7) is 0.727. The quantitative estimate of drug-likeness (QED) is 0.426. The van der Waals surface area contributed by atoms with Crippen LogP contribution in [0.3, 0.4) is 0 Å². The van der Waals surface area contributed by atoms with Crippen LogP contribution in [0.4, 0.5) is 0 Å². The van der Waals surface area contributed by atoms with E-state index in [4.69, 9.17) is 17.3 Å². The number of benzene rings is 1. The van der Waals surface area contributed by atoms with E-state index in [1.165, 1.54) is 21.5 Å². The SMILES string of the molecule is NCCCCc1c(-c2sccc2Br)[nH]c2c(Br)cc(Cl)cc12. The number of unbranched alkanes of at least 4 members (excludes halogenated alkanes) is 1. The lowest BCUT2D eigenvalue weighted by Gasteiger charge is -2.04. The molecule has 22 heavy (non-hydrogen) atoms. The fraction of sp³-hybridized carbons (Fsp3) is 0.250. The molecule has 3 rings (SSSR count). The van der Waals surface area contributed by atoms with E-state index in [0.29, 0.717) is 0 Å². The van der Waals surface area contributed by atoms with Crippen molar-refractivity contribution >= 4 is 65.7 Å². The van der Waals surface area contributed by atoms with Crippen LogP contribution in [0.2, 0.25) is 5.02 Å². The van der Waals surface area contributed by atoms with E-state index >= 15 is 0 Å². The average molecular weight is 463 g/mol. The molecule has 0 saturated heterocycles. The highest BCUT2D eigenvalue weighted by Gasteiger charge is 2.18. The van der Waals surface area contributed by atoms with Gasteiger partial charge in [0.15, 0.2) is 0 Å². The molecule has 116 valence electrons. The zero-order valence-electron chi connectivity index (χ0n) is 11.8. The first kappa shape index (κ1) is 16.5. The number of H-pyrrole nitrogens is 1. The van der Waals surface area contributed by atoms with E-state index in [2.05, 4.69) is 48.3 Å². The van der Waals surface area contributed by atoms with Crippen LogP contribution in [0.5, 0.6) is 0 Å². The largest absolute Gasteiger partial charge is 0.353 e. The second kappa shape index (κ2) is 7.05. The van der Waals surface area contributed by atoms with Crippen molar-refractivity contribution in [3.8, 4) is 10.6 Å². The molecule has 0 atom stereocenters. The van der Waals surface area contributed by atoms with E-state index in [1.54, 1.807) is 11.3 Å². The summed E-state index contributed by atoms with van der Waals surface area (Å²) in [5.74, 6) is 0. The predicted molar refractivity (Wildman–Crippen MR) is 104 cm³/mol. The Kier molecular flexibility index (Phi) is 5.30.